The van der Waals surface area contributed by atoms with Crippen LogP contribution in [0.4, 0.5) is 5.69 Å². The minimum absolute atomic E-state index is 0.0496. The first-order valence-electron chi connectivity index (χ1n) is 10.7. The molecule has 0 bridgehead atoms. The van der Waals surface area contributed by atoms with Gasteiger partial charge in [0.25, 0.3) is 0 Å². The number of carbonyl (C=O) groups is 1. The molecule has 2 fully saturated rings. The number of fused-ring (bicyclic) bond motifs is 2. The van der Waals surface area contributed by atoms with Crippen LogP contribution in [0.1, 0.15) is 24.5 Å². The van der Waals surface area contributed by atoms with Gasteiger partial charge in [-0.3, -0.25) is 10.1 Å². The van der Waals surface area contributed by atoms with Crippen LogP contribution in [0.15, 0.2) is 54.6 Å². The van der Waals surface area contributed by atoms with Crippen molar-refractivity contribution in [3.63, 3.8) is 0 Å². The Balaban J connectivity index is 1.34. The lowest BCUT2D eigenvalue weighted by Gasteiger charge is -2.47. The number of para-hydroxylation sites is 1. The van der Waals surface area contributed by atoms with E-state index in [1.807, 2.05) is 24.3 Å². The highest BCUT2D eigenvalue weighted by molar-refractivity contribution is 6.30. The molecular weight excluding hydrogens is 396 g/mol. The van der Waals surface area contributed by atoms with Crippen molar-refractivity contribution in [2.45, 2.75) is 38.3 Å². The molecule has 2 aromatic rings. The number of piperidine rings is 1. The maximum absolute atomic E-state index is 13.2. The van der Waals surface area contributed by atoms with Crippen molar-refractivity contribution in [2.75, 3.05) is 11.4 Å². The SMILES string of the molecule is CC1Cc2ccccc2N1C1NC(=O)C2C(/C=C/c3cccc(Cl)c3)CCNC2N1. The fourth-order valence-corrected chi connectivity index (χ4v) is 5.30. The molecule has 0 saturated carbocycles. The molecule has 5 atom stereocenters. The Bertz CT molecular complexity index is 977. The molecule has 0 aliphatic carbocycles. The first-order chi connectivity index (χ1) is 14.6. The highest BCUT2D eigenvalue weighted by atomic mass is 35.5. The molecule has 2 saturated heterocycles. The molecule has 0 aromatic heterocycles. The van der Waals surface area contributed by atoms with Crippen LogP contribution in [-0.2, 0) is 11.2 Å². The van der Waals surface area contributed by atoms with E-state index in [-0.39, 0.29) is 30.2 Å². The fourth-order valence-electron chi connectivity index (χ4n) is 5.10. The quantitative estimate of drug-likeness (QED) is 0.710. The van der Waals surface area contributed by atoms with E-state index in [4.69, 9.17) is 11.6 Å². The third-order valence-electron chi connectivity index (χ3n) is 6.50. The summed E-state index contributed by atoms with van der Waals surface area (Å²) >= 11 is 6.10. The Morgan fingerprint density at radius 3 is 2.90 bits per heavy atom. The number of halogens is 1. The van der Waals surface area contributed by atoms with E-state index in [0.29, 0.717) is 6.04 Å². The first kappa shape index (κ1) is 19.6. The van der Waals surface area contributed by atoms with E-state index < -0.39 is 0 Å². The predicted octanol–water partition coefficient (Wildman–Crippen LogP) is 3.36. The maximum Gasteiger partial charge on any atom is 0.229 e. The topological polar surface area (TPSA) is 56.4 Å². The van der Waals surface area contributed by atoms with Gasteiger partial charge in [0.05, 0.1) is 12.1 Å². The van der Waals surface area contributed by atoms with Crippen LogP contribution in [0.5, 0.6) is 0 Å². The minimum atomic E-state index is -0.208. The van der Waals surface area contributed by atoms with Gasteiger partial charge in [0, 0.05) is 16.8 Å². The third kappa shape index (κ3) is 3.62. The van der Waals surface area contributed by atoms with Gasteiger partial charge in [-0.2, -0.15) is 0 Å². The van der Waals surface area contributed by atoms with E-state index in [2.05, 4.69) is 64.2 Å². The molecule has 3 N–H and O–H groups in total. The van der Waals surface area contributed by atoms with Gasteiger partial charge in [-0.05, 0) is 61.6 Å². The predicted molar refractivity (Wildman–Crippen MR) is 121 cm³/mol. The summed E-state index contributed by atoms with van der Waals surface area (Å²) in [7, 11) is 0. The molecular formula is C24H27ClN4O. The van der Waals surface area contributed by atoms with Gasteiger partial charge in [0.2, 0.25) is 5.91 Å². The number of anilines is 1. The van der Waals surface area contributed by atoms with E-state index in [1.54, 1.807) is 0 Å². The van der Waals surface area contributed by atoms with E-state index in [0.717, 1.165) is 30.0 Å². The zero-order valence-electron chi connectivity index (χ0n) is 17.0. The van der Waals surface area contributed by atoms with E-state index in [9.17, 15) is 4.79 Å². The first-order valence-corrected chi connectivity index (χ1v) is 11.1. The number of allylic oxidation sites excluding steroid dienone is 1. The maximum atomic E-state index is 13.2. The standard InChI is InChI=1S/C24H27ClN4O/c1-15-13-18-6-2-3-8-20(18)29(15)24-27-22-21(23(30)28-24)17(11-12-26-22)10-9-16-5-4-7-19(25)14-16/h2-10,14-15,17,21-22,24,26-27H,11-13H2,1H3,(H,28,30)/b10-9+. The van der Waals surface area contributed by atoms with Crippen molar-refractivity contribution in [1.29, 1.82) is 0 Å². The van der Waals surface area contributed by atoms with Gasteiger partial charge < -0.3 is 15.5 Å². The van der Waals surface area contributed by atoms with Crippen molar-refractivity contribution in [2.24, 2.45) is 11.8 Å². The lowest BCUT2D eigenvalue weighted by molar-refractivity contribution is -0.132. The molecule has 0 radical (unpaired) electrons. The zero-order chi connectivity index (χ0) is 20.7. The second kappa shape index (κ2) is 8.06. The third-order valence-corrected chi connectivity index (χ3v) is 6.74. The van der Waals surface area contributed by atoms with Crippen LogP contribution in [0.2, 0.25) is 5.02 Å². The fraction of sp³-hybridized carbons (Fsp3) is 0.375. The second-order valence-corrected chi connectivity index (χ2v) is 8.93. The average Bonchev–Trinajstić information content (AvgIpc) is 3.07. The molecule has 5 nitrogen and oxygen atoms in total. The van der Waals surface area contributed by atoms with Crippen molar-refractivity contribution in [3.8, 4) is 0 Å². The molecule has 0 spiro atoms. The summed E-state index contributed by atoms with van der Waals surface area (Å²) in [5.74, 6) is 0.138. The molecule has 6 heteroatoms. The largest absolute Gasteiger partial charge is 0.336 e. The Labute approximate surface area is 182 Å². The molecule has 5 rings (SSSR count). The zero-order valence-corrected chi connectivity index (χ0v) is 17.8. The van der Waals surface area contributed by atoms with Crippen LogP contribution in [-0.4, -0.2) is 30.9 Å². The molecule has 2 aromatic carbocycles. The van der Waals surface area contributed by atoms with Crippen LogP contribution in [0.25, 0.3) is 6.08 Å². The number of hydrogen-bond donors (Lipinski definition) is 3. The summed E-state index contributed by atoms with van der Waals surface area (Å²) in [4.78, 5) is 15.5. The van der Waals surface area contributed by atoms with Crippen LogP contribution in [0.3, 0.4) is 0 Å². The smallest absolute Gasteiger partial charge is 0.229 e. The van der Waals surface area contributed by atoms with Crippen LogP contribution >= 0.6 is 11.6 Å². The molecule has 3 heterocycles. The second-order valence-electron chi connectivity index (χ2n) is 8.49. The van der Waals surface area contributed by atoms with E-state index in [1.165, 1.54) is 11.3 Å². The molecule has 1 amide bonds. The number of rotatable bonds is 3. The van der Waals surface area contributed by atoms with Gasteiger partial charge in [0.1, 0.15) is 0 Å². The Morgan fingerprint density at radius 2 is 2.03 bits per heavy atom. The molecule has 5 unspecified atom stereocenters. The van der Waals surface area contributed by atoms with Crippen molar-refractivity contribution < 1.29 is 4.79 Å². The number of benzene rings is 2. The highest BCUT2D eigenvalue weighted by Gasteiger charge is 2.45. The van der Waals surface area contributed by atoms with Crippen LogP contribution in [0, 0.1) is 11.8 Å². The number of nitrogens with zero attached hydrogens (tertiary/aromatic N) is 1. The van der Waals surface area contributed by atoms with Gasteiger partial charge in [-0.25, -0.2) is 0 Å². The number of amides is 1. The van der Waals surface area contributed by atoms with Gasteiger partial charge in [0.15, 0.2) is 6.29 Å². The lowest BCUT2D eigenvalue weighted by atomic mass is 9.81. The monoisotopic (exact) mass is 422 g/mol. The van der Waals surface area contributed by atoms with Gasteiger partial charge >= 0.3 is 0 Å². The number of hydrogen-bond acceptors (Lipinski definition) is 4. The Hall–Kier alpha value is -2.34. The summed E-state index contributed by atoms with van der Waals surface area (Å²) in [5, 5.41) is 11.2. The van der Waals surface area contributed by atoms with Crippen molar-refractivity contribution in [1.82, 2.24) is 16.0 Å². The Kier molecular flexibility index (Phi) is 5.27. The summed E-state index contributed by atoms with van der Waals surface area (Å²) in [5.41, 5.74) is 3.60. The highest BCUT2D eigenvalue weighted by Crippen LogP contribution is 2.35. The summed E-state index contributed by atoms with van der Waals surface area (Å²) in [6.45, 7) is 3.09. The van der Waals surface area contributed by atoms with E-state index >= 15 is 0 Å². The number of nitrogens with one attached hydrogen (secondary N) is 3. The Morgan fingerprint density at radius 1 is 1.17 bits per heavy atom. The van der Waals surface area contributed by atoms with Crippen LogP contribution < -0.4 is 20.9 Å². The summed E-state index contributed by atoms with van der Waals surface area (Å²) in [6.07, 6.45) is 5.92. The molecule has 3 aliphatic rings. The van der Waals surface area contributed by atoms with Crippen molar-refractivity contribution >= 4 is 29.3 Å². The number of carbonyl (C=O) groups excluding carboxylic acids is 1. The van der Waals surface area contributed by atoms with Gasteiger partial charge in [-0.15, -0.1) is 0 Å². The average molecular weight is 423 g/mol. The molecule has 3 aliphatic heterocycles. The normalized spacial score (nSPS) is 30.8. The van der Waals surface area contributed by atoms with Gasteiger partial charge in [-0.1, -0.05) is 54.1 Å². The summed E-state index contributed by atoms with van der Waals surface area (Å²) in [6, 6.07) is 16.6. The molecule has 30 heavy (non-hydrogen) atoms. The minimum Gasteiger partial charge on any atom is -0.336 e. The van der Waals surface area contributed by atoms with Crippen molar-refractivity contribution in [3.05, 3.63) is 70.8 Å². The summed E-state index contributed by atoms with van der Waals surface area (Å²) < 4.78 is 0. The lowest BCUT2D eigenvalue weighted by Crippen LogP contribution is -2.73. The molecule has 156 valence electrons.